The molecule has 10 nitrogen and oxygen atoms in total. The molecule has 0 atom stereocenters. The lowest BCUT2D eigenvalue weighted by Gasteiger charge is -2.30. The number of anilines is 1. The number of hydrogen-bond acceptors (Lipinski definition) is 8. The van der Waals surface area contributed by atoms with Crippen LogP contribution < -0.4 is 10.5 Å². The van der Waals surface area contributed by atoms with E-state index in [1.165, 1.54) is 6.42 Å². The Balaban J connectivity index is 1.47. The quantitative estimate of drug-likeness (QED) is 0.750. The Labute approximate surface area is 157 Å². The van der Waals surface area contributed by atoms with Crippen LogP contribution in [0.1, 0.15) is 36.3 Å². The summed E-state index contributed by atoms with van der Waals surface area (Å²) in [5, 5.41) is 11.9. The summed E-state index contributed by atoms with van der Waals surface area (Å²) in [7, 11) is 1.66. The maximum atomic E-state index is 12.7. The molecule has 0 saturated carbocycles. The molecule has 0 bridgehead atoms. The van der Waals surface area contributed by atoms with Gasteiger partial charge in [-0.15, -0.1) is 5.10 Å². The number of rotatable bonds is 6. The van der Waals surface area contributed by atoms with Crippen LogP contribution in [-0.2, 0) is 30.8 Å². The molecule has 2 aromatic heterocycles. The molecular formula is C17H26N8O2. The monoisotopic (exact) mass is 374 g/mol. The molecule has 4 heterocycles. The highest BCUT2D eigenvalue weighted by Crippen LogP contribution is 2.20. The number of nitrogens with one attached hydrogen (secondary N) is 1. The number of piperidine rings is 1. The third-order valence-corrected chi connectivity index (χ3v) is 5.27. The summed E-state index contributed by atoms with van der Waals surface area (Å²) >= 11 is 0. The first-order chi connectivity index (χ1) is 13.2. The third kappa shape index (κ3) is 4.01. The van der Waals surface area contributed by atoms with Crippen LogP contribution in [0.25, 0.3) is 0 Å². The summed E-state index contributed by atoms with van der Waals surface area (Å²) in [6.07, 6.45) is 4.34. The van der Waals surface area contributed by atoms with E-state index in [0.29, 0.717) is 26.2 Å². The number of H-pyrrole nitrogens is 1. The zero-order valence-electron chi connectivity index (χ0n) is 15.7. The first-order valence-corrected chi connectivity index (χ1v) is 9.58. The van der Waals surface area contributed by atoms with Gasteiger partial charge in [0.05, 0.1) is 31.0 Å². The smallest absolute Gasteiger partial charge is 0.257 e. The fourth-order valence-corrected chi connectivity index (χ4v) is 3.75. The molecule has 2 aliphatic heterocycles. The molecule has 0 aliphatic carbocycles. The minimum absolute atomic E-state index is 0.0238. The van der Waals surface area contributed by atoms with Crippen molar-refractivity contribution in [1.29, 1.82) is 0 Å². The predicted octanol–water partition coefficient (Wildman–Crippen LogP) is -0.0486. The van der Waals surface area contributed by atoms with Crippen LogP contribution in [0.4, 0.5) is 5.95 Å². The second-order valence-corrected chi connectivity index (χ2v) is 7.13. The Morgan fingerprint density at radius 3 is 2.85 bits per heavy atom. The number of methoxy groups -OCH3 is 1. The molecule has 146 valence electrons. The van der Waals surface area contributed by atoms with Crippen molar-refractivity contribution in [3.63, 3.8) is 0 Å². The SMILES string of the molecule is COCCn1nnnc1CN1CCc2nc(N3CCCCC3)[nH]c(=O)c2C1. The van der Waals surface area contributed by atoms with Gasteiger partial charge in [-0.3, -0.25) is 14.7 Å². The Hall–Kier alpha value is -2.33. The lowest BCUT2D eigenvalue weighted by atomic mass is 10.1. The Morgan fingerprint density at radius 1 is 1.19 bits per heavy atom. The molecule has 1 saturated heterocycles. The largest absolute Gasteiger partial charge is 0.383 e. The highest BCUT2D eigenvalue weighted by molar-refractivity contribution is 5.34. The molecule has 0 aromatic carbocycles. The summed E-state index contributed by atoms with van der Waals surface area (Å²) < 4.78 is 6.85. The van der Waals surface area contributed by atoms with Gasteiger partial charge in [-0.1, -0.05) is 0 Å². The normalized spacial score (nSPS) is 17.9. The van der Waals surface area contributed by atoms with Crippen LogP contribution in [0.5, 0.6) is 0 Å². The molecule has 0 amide bonds. The van der Waals surface area contributed by atoms with E-state index in [-0.39, 0.29) is 5.56 Å². The number of nitrogens with zero attached hydrogens (tertiary/aromatic N) is 7. The molecule has 0 spiro atoms. The van der Waals surface area contributed by atoms with Gasteiger partial charge in [0.25, 0.3) is 5.56 Å². The van der Waals surface area contributed by atoms with Gasteiger partial charge in [0.2, 0.25) is 5.95 Å². The van der Waals surface area contributed by atoms with Crippen molar-refractivity contribution in [3.8, 4) is 0 Å². The maximum Gasteiger partial charge on any atom is 0.257 e. The van der Waals surface area contributed by atoms with Crippen LogP contribution in [0, 0.1) is 0 Å². The van der Waals surface area contributed by atoms with Gasteiger partial charge in [0.15, 0.2) is 5.82 Å². The van der Waals surface area contributed by atoms with E-state index in [2.05, 4.69) is 30.3 Å². The highest BCUT2D eigenvalue weighted by atomic mass is 16.5. The summed E-state index contributed by atoms with van der Waals surface area (Å²) in [5.41, 5.74) is 1.66. The van der Waals surface area contributed by atoms with Crippen molar-refractivity contribution in [1.82, 2.24) is 35.1 Å². The summed E-state index contributed by atoms with van der Waals surface area (Å²) in [6.45, 7) is 5.11. The van der Waals surface area contributed by atoms with Crippen LogP contribution >= 0.6 is 0 Å². The van der Waals surface area contributed by atoms with Crippen molar-refractivity contribution in [3.05, 3.63) is 27.4 Å². The molecule has 2 aromatic rings. The van der Waals surface area contributed by atoms with Crippen LogP contribution in [0.15, 0.2) is 4.79 Å². The average Bonchev–Trinajstić information content (AvgIpc) is 3.14. The zero-order valence-corrected chi connectivity index (χ0v) is 15.7. The van der Waals surface area contributed by atoms with Crippen LogP contribution in [0.3, 0.4) is 0 Å². The number of fused-ring (bicyclic) bond motifs is 1. The lowest BCUT2D eigenvalue weighted by molar-refractivity contribution is 0.177. The highest BCUT2D eigenvalue weighted by Gasteiger charge is 2.24. The van der Waals surface area contributed by atoms with Gasteiger partial charge < -0.3 is 9.64 Å². The summed E-state index contributed by atoms with van der Waals surface area (Å²) in [5.74, 6) is 1.51. The average molecular weight is 374 g/mol. The van der Waals surface area contributed by atoms with Crippen LogP contribution in [-0.4, -0.2) is 68.4 Å². The first kappa shape index (κ1) is 18.1. The molecule has 4 rings (SSSR count). The molecular weight excluding hydrogens is 348 g/mol. The van der Waals surface area contributed by atoms with Crippen LogP contribution in [0.2, 0.25) is 0 Å². The van der Waals surface area contributed by atoms with E-state index in [4.69, 9.17) is 9.72 Å². The van der Waals surface area contributed by atoms with Gasteiger partial charge in [0, 0.05) is 39.7 Å². The van der Waals surface area contributed by atoms with E-state index in [9.17, 15) is 4.79 Å². The Kier molecular flexibility index (Phi) is 5.44. The summed E-state index contributed by atoms with van der Waals surface area (Å²) in [6, 6.07) is 0. The van der Waals surface area contributed by atoms with Crippen molar-refractivity contribution in [2.75, 3.05) is 38.3 Å². The standard InChI is InChI=1S/C17H26N8O2/c1-27-10-9-25-15(20-21-22-25)12-23-8-5-14-13(11-23)16(26)19-17(18-14)24-6-3-2-4-7-24/h2-12H2,1H3,(H,18,19,26). The van der Waals surface area contributed by atoms with Crippen molar-refractivity contribution in [2.24, 2.45) is 0 Å². The zero-order chi connectivity index (χ0) is 18.6. The van der Waals surface area contributed by atoms with E-state index in [1.807, 2.05) is 0 Å². The molecule has 1 fully saturated rings. The Morgan fingerprint density at radius 2 is 2.04 bits per heavy atom. The minimum Gasteiger partial charge on any atom is -0.383 e. The third-order valence-electron chi connectivity index (χ3n) is 5.27. The van der Waals surface area contributed by atoms with Gasteiger partial charge in [0.1, 0.15) is 0 Å². The number of hydrogen-bond donors (Lipinski definition) is 1. The minimum atomic E-state index is -0.0238. The molecule has 0 unspecified atom stereocenters. The second-order valence-electron chi connectivity index (χ2n) is 7.13. The van der Waals surface area contributed by atoms with Crippen molar-refractivity contribution >= 4 is 5.95 Å². The molecule has 27 heavy (non-hydrogen) atoms. The van der Waals surface area contributed by atoms with E-state index >= 15 is 0 Å². The van der Waals surface area contributed by atoms with E-state index in [0.717, 1.165) is 61.9 Å². The fourth-order valence-electron chi connectivity index (χ4n) is 3.75. The number of aromatic amines is 1. The summed E-state index contributed by atoms with van der Waals surface area (Å²) in [4.78, 5) is 24.8. The van der Waals surface area contributed by atoms with Gasteiger partial charge in [-0.25, -0.2) is 9.67 Å². The second kappa shape index (κ2) is 8.13. The van der Waals surface area contributed by atoms with E-state index in [1.54, 1.807) is 11.8 Å². The molecule has 1 N–H and O–H groups in total. The Bertz CT molecular complexity index is 827. The van der Waals surface area contributed by atoms with Gasteiger partial charge in [-0.05, 0) is 29.7 Å². The molecule has 0 radical (unpaired) electrons. The number of aromatic nitrogens is 6. The topological polar surface area (TPSA) is 105 Å². The molecule has 10 heteroatoms. The predicted molar refractivity (Wildman–Crippen MR) is 98.4 cm³/mol. The van der Waals surface area contributed by atoms with Crippen molar-refractivity contribution < 1.29 is 4.74 Å². The lowest BCUT2D eigenvalue weighted by Crippen LogP contribution is -2.38. The van der Waals surface area contributed by atoms with Gasteiger partial charge in [-0.2, -0.15) is 0 Å². The number of tetrazole rings is 1. The van der Waals surface area contributed by atoms with E-state index < -0.39 is 0 Å². The first-order valence-electron chi connectivity index (χ1n) is 9.58. The fraction of sp³-hybridized carbons (Fsp3) is 0.706. The van der Waals surface area contributed by atoms with Crippen molar-refractivity contribution in [2.45, 2.75) is 45.3 Å². The molecule has 2 aliphatic rings. The maximum absolute atomic E-state index is 12.7. The number of ether oxygens (including phenoxy) is 1. The van der Waals surface area contributed by atoms with Gasteiger partial charge >= 0.3 is 0 Å².